The van der Waals surface area contributed by atoms with Gasteiger partial charge in [-0.15, -0.1) is 0 Å². The van der Waals surface area contributed by atoms with Crippen LogP contribution in [0.3, 0.4) is 0 Å². The first-order valence-electron chi connectivity index (χ1n) is 12.2. The Bertz CT molecular complexity index is 1610. The van der Waals surface area contributed by atoms with Crippen molar-refractivity contribution in [2.75, 3.05) is 18.0 Å². The van der Waals surface area contributed by atoms with Crippen molar-refractivity contribution in [3.8, 4) is 23.1 Å². The maximum absolute atomic E-state index is 14.4. The highest BCUT2D eigenvalue weighted by atomic mass is 35.5. The number of aliphatic hydroxyl groups is 1. The van der Waals surface area contributed by atoms with Crippen LogP contribution in [0.15, 0.2) is 53.2 Å². The summed E-state index contributed by atoms with van der Waals surface area (Å²) < 4.78 is 26.1. The second kappa shape index (κ2) is 10.00. The quantitative estimate of drug-likeness (QED) is 0.253. The molecule has 1 saturated heterocycles. The fourth-order valence-corrected chi connectivity index (χ4v) is 5.72. The highest BCUT2D eigenvalue weighted by molar-refractivity contribution is 6.39. The van der Waals surface area contributed by atoms with Crippen molar-refractivity contribution < 1.29 is 18.8 Å². The summed E-state index contributed by atoms with van der Waals surface area (Å²) >= 11 is 19.4. The van der Waals surface area contributed by atoms with Crippen molar-refractivity contribution >= 4 is 40.6 Å². The molecule has 2 aromatic heterocycles. The highest BCUT2D eigenvalue weighted by Gasteiger charge is 2.45. The summed E-state index contributed by atoms with van der Waals surface area (Å²) in [4.78, 5) is 5.60. The predicted octanol–water partition coefficient (Wildman–Crippen LogP) is 6.87. The number of hydrogen-bond donors (Lipinski definition) is 1. The lowest BCUT2D eigenvalue weighted by Gasteiger charge is -2.47. The van der Waals surface area contributed by atoms with Gasteiger partial charge in [0, 0.05) is 23.2 Å². The van der Waals surface area contributed by atoms with Crippen LogP contribution < -0.4 is 9.64 Å². The van der Waals surface area contributed by atoms with Crippen molar-refractivity contribution in [3.05, 3.63) is 92.0 Å². The molecule has 39 heavy (non-hydrogen) atoms. The number of aromatic nitrogens is 2. The minimum Gasteiger partial charge on any atom is -0.489 e. The first-order chi connectivity index (χ1) is 18.8. The Kier molecular flexibility index (Phi) is 6.64. The Balaban J connectivity index is 1.19. The first kappa shape index (κ1) is 25.9. The summed E-state index contributed by atoms with van der Waals surface area (Å²) in [6, 6.07) is 13.3. The topological polar surface area (TPSA) is 95.4 Å². The van der Waals surface area contributed by atoms with Crippen molar-refractivity contribution in [2.24, 2.45) is 0 Å². The molecule has 0 spiro atoms. The van der Waals surface area contributed by atoms with E-state index in [2.05, 4.69) is 10.1 Å². The molecule has 7 nitrogen and oxygen atoms in total. The Labute approximate surface area is 238 Å². The summed E-state index contributed by atoms with van der Waals surface area (Å²) in [5, 5.41) is 25.6. The largest absolute Gasteiger partial charge is 0.489 e. The molecule has 1 aliphatic carbocycles. The zero-order valence-electron chi connectivity index (χ0n) is 20.3. The number of anilines is 1. The van der Waals surface area contributed by atoms with Crippen molar-refractivity contribution in [1.82, 2.24) is 10.1 Å². The van der Waals surface area contributed by atoms with Gasteiger partial charge in [0.2, 0.25) is 0 Å². The third-order valence-corrected chi connectivity index (χ3v) is 7.89. The number of nitrogens with zero attached hydrogens (tertiary/aromatic N) is 4. The molecular formula is C28H20Cl3FN4O3. The molecule has 3 heterocycles. The van der Waals surface area contributed by atoms with Crippen LogP contribution in [0.25, 0.3) is 11.3 Å². The van der Waals surface area contributed by atoms with Gasteiger partial charge in [-0.2, -0.15) is 5.26 Å². The van der Waals surface area contributed by atoms with Gasteiger partial charge in [-0.05, 0) is 43.2 Å². The van der Waals surface area contributed by atoms with Crippen LogP contribution in [-0.2, 0) is 12.2 Å². The Morgan fingerprint density at radius 3 is 2.51 bits per heavy atom. The number of benzene rings is 2. The van der Waals surface area contributed by atoms with E-state index < -0.39 is 11.4 Å². The van der Waals surface area contributed by atoms with E-state index in [9.17, 15) is 9.50 Å². The van der Waals surface area contributed by atoms with Crippen molar-refractivity contribution in [2.45, 2.75) is 31.0 Å². The number of ether oxygens (including phenoxy) is 1. The summed E-state index contributed by atoms with van der Waals surface area (Å²) in [6.45, 7) is 0.343. The third kappa shape index (κ3) is 4.81. The number of pyridine rings is 1. The molecule has 0 bridgehead atoms. The predicted molar refractivity (Wildman–Crippen MR) is 145 cm³/mol. The van der Waals surface area contributed by atoms with Crippen molar-refractivity contribution in [3.63, 3.8) is 0 Å². The lowest BCUT2D eigenvalue weighted by atomic mass is 9.86. The average Bonchev–Trinajstić information content (AvgIpc) is 3.66. The van der Waals surface area contributed by atoms with Gasteiger partial charge in [0.05, 0.1) is 39.3 Å². The molecule has 6 rings (SSSR count). The molecule has 2 fully saturated rings. The van der Waals surface area contributed by atoms with Gasteiger partial charge in [-0.25, -0.2) is 9.37 Å². The van der Waals surface area contributed by atoms with Crippen LogP contribution in [-0.4, -0.2) is 28.3 Å². The molecule has 1 saturated carbocycles. The number of rotatable bonds is 7. The smallest absolute Gasteiger partial charge is 0.166 e. The number of nitriles is 1. The second-order valence-electron chi connectivity index (χ2n) is 9.70. The maximum Gasteiger partial charge on any atom is 0.166 e. The highest BCUT2D eigenvalue weighted by Crippen LogP contribution is 2.46. The van der Waals surface area contributed by atoms with Crippen LogP contribution >= 0.6 is 34.8 Å². The molecule has 2 aliphatic rings. The Morgan fingerprint density at radius 1 is 1.13 bits per heavy atom. The van der Waals surface area contributed by atoms with Crippen LogP contribution in [0.2, 0.25) is 15.1 Å². The van der Waals surface area contributed by atoms with Gasteiger partial charge < -0.3 is 19.3 Å². The summed E-state index contributed by atoms with van der Waals surface area (Å²) in [5.74, 6) is 0.981. The maximum atomic E-state index is 14.4. The molecule has 0 radical (unpaired) electrons. The lowest BCUT2D eigenvalue weighted by molar-refractivity contribution is 0.00672. The van der Waals surface area contributed by atoms with Gasteiger partial charge in [-0.3, -0.25) is 0 Å². The average molecular weight is 586 g/mol. The van der Waals surface area contributed by atoms with E-state index in [1.807, 2.05) is 6.07 Å². The zero-order valence-corrected chi connectivity index (χ0v) is 22.6. The third-order valence-electron chi connectivity index (χ3n) is 6.95. The Hall–Kier alpha value is -3.35. The molecule has 0 amide bonds. The molecule has 11 heteroatoms. The fraction of sp³-hybridized carbons (Fsp3) is 0.250. The first-order valence-corrected chi connectivity index (χ1v) is 13.3. The Morgan fingerprint density at radius 2 is 1.87 bits per heavy atom. The van der Waals surface area contributed by atoms with Gasteiger partial charge in [0.1, 0.15) is 35.5 Å². The molecule has 0 atom stereocenters. The number of hydrogen-bond acceptors (Lipinski definition) is 7. The fourth-order valence-electron chi connectivity index (χ4n) is 4.80. The normalized spacial score (nSPS) is 16.1. The van der Waals surface area contributed by atoms with Gasteiger partial charge in [0.15, 0.2) is 11.6 Å². The van der Waals surface area contributed by atoms with E-state index in [0.29, 0.717) is 37.6 Å². The van der Waals surface area contributed by atoms with Crippen LogP contribution in [0, 0.1) is 17.1 Å². The molecular weight excluding hydrogens is 566 g/mol. The second-order valence-corrected chi connectivity index (χ2v) is 10.9. The lowest BCUT2D eigenvalue weighted by Crippen LogP contribution is -2.60. The van der Waals surface area contributed by atoms with Crippen LogP contribution in [0.1, 0.15) is 41.2 Å². The van der Waals surface area contributed by atoms with Gasteiger partial charge >= 0.3 is 0 Å². The molecule has 1 N–H and O–H groups in total. The van der Waals surface area contributed by atoms with E-state index in [4.69, 9.17) is 49.3 Å². The van der Waals surface area contributed by atoms with Crippen molar-refractivity contribution in [1.29, 1.82) is 5.26 Å². The minimum absolute atomic E-state index is 0.0735. The van der Waals surface area contributed by atoms with E-state index in [-0.39, 0.29) is 37.0 Å². The summed E-state index contributed by atoms with van der Waals surface area (Å²) in [7, 11) is 0. The SMILES string of the molecule is N#Cc1cnc(N2CC(O)(c3ccc(OCc4c(-c5c(Cl)cccc5Cl)noc4C4CC4)cc3Cl)C2)c(F)c1. The summed E-state index contributed by atoms with van der Waals surface area (Å²) in [6.07, 6.45) is 3.32. The monoisotopic (exact) mass is 584 g/mol. The van der Waals surface area contributed by atoms with E-state index in [0.717, 1.165) is 30.2 Å². The standard InChI is InChI=1S/C28H20Cl3FN4O3/c29-20-2-1-3-21(30)24(20)25-18(26(39-35-25)16-4-5-16)12-38-17-6-7-19(22(31)9-17)28(37)13-36(14-28)27-23(32)8-15(10-33)11-34-27/h1-3,6-9,11,16,37H,4-5,12-14H2. The zero-order chi connectivity index (χ0) is 27.3. The van der Waals surface area contributed by atoms with E-state index in [1.165, 1.54) is 6.20 Å². The van der Waals surface area contributed by atoms with Crippen LogP contribution in [0.5, 0.6) is 5.75 Å². The molecule has 198 valence electrons. The molecule has 1 aliphatic heterocycles. The van der Waals surface area contributed by atoms with Gasteiger partial charge in [0.25, 0.3) is 0 Å². The van der Waals surface area contributed by atoms with E-state index in [1.54, 1.807) is 41.3 Å². The minimum atomic E-state index is -1.29. The molecule has 4 aromatic rings. The summed E-state index contributed by atoms with van der Waals surface area (Å²) in [5.41, 5.74) is 1.24. The van der Waals surface area contributed by atoms with Crippen LogP contribution in [0.4, 0.5) is 10.2 Å². The van der Waals surface area contributed by atoms with E-state index >= 15 is 0 Å². The van der Waals surface area contributed by atoms with Gasteiger partial charge in [-0.1, -0.05) is 52.1 Å². The number of halogens is 4. The number of β-amino-alcohol motifs (C(OH)–C–C–N with tert-alkyl or cyclic N) is 1. The molecule has 2 aromatic carbocycles. The molecule has 0 unspecified atom stereocenters.